The summed E-state index contributed by atoms with van der Waals surface area (Å²) in [7, 11) is 0. The Hall–Kier alpha value is -2.29. The number of esters is 1. The molecular formula is C16H16NO2. The van der Waals surface area contributed by atoms with Crippen LogP contribution in [-0.4, -0.2) is 19.1 Å². The largest absolute Gasteiger partial charge is 0.465 e. The SMILES string of the molecule is CCOC(=O)CNc1ccc(-c2c[c]ccc2)cc1. The second-order valence-corrected chi connectivity index (χ2v) is 4.03. The van der Waals surface area contributed by atoms with E-state index in [2.05, 4.69) is 11.4 Å². The van der Waals surface area contributed by atoms with E-state index < -0.39 is 0 Å². The van der Waals surface area contributed by atoms with E-state index in [1.807, 2.05) is 48.5 Å². The third-order valence-corrected chi connectivity index (χ3v) is 2.67. The van der Waals surface area contributed by atoms with E-state index >= 15 is 0 Å². The minimum Gasteiger partial charge on any atom is -0.465 e. The fourth-order valence-electron chi connectivity index (χ4n) is 1.74. The molecule has 1 N–H and O–H groups in total. The molecule has 0 bridgehead atoms. The summed E-state index contributed by atoms with van der Waals surface area (Å²) in [6.07, 6.45) is 0. The predicted molar refractivity (Wildman–Crippen MR) is 75.8 cm³/mol. The minimum atomic E-state index is -0.246. The van der Waals surface area contributed by atoms with Gasteiger partial charge >= 0.3 is 5.97 Å². The van der Waals surface area contributed by atoms with Crippen LogP contribution < -0.4 is 5.32 Å². The van der Waals surface area contributed by atoms with Gasteiger partial charge < -0.3 is 10.1 Å². The van der Waals surface area contributed by atoms with Crippen molar-refractivity contribution in [3.05, 3.63) is 54.6 Å². The van der Waals surface area contributed by atoms with Crippen molar-refractivity contribution >= 4 is 11.7 Å². The lowest BCUT2D eigenvalue weighted by Gasteiger charge is -2.07. The lowest BCUT2D eigenvalue weighted by atomic mass is 10.1. The second kappa shape index (κ2) is 6.59. The van der Waals surface area contributed by atoms with E-state index in [0.29, 0.717) is 6.61 Å². The van der Waals surface area contributed by atoms with Crippen molar-refractivity contribution in [3.63, 3.8) is 0 Å². The molecule has 0 aromatic heterocycles. The summed E-state index contributed by atoms with van der Waals surface area (Å²) >= 11 is 0. The monoisotopic (exact) mass is 254 g/mol. The average molecular weight is 254 g/mol. The Bertz CT molecular complexity index is 520. The summed E-state index contributed by atoms with van der Waals surface area (Å²) in [6, 6.07) is 18.8. The molecule has 2 rings (SSSR count). The number of benzene rings is 2. The van der Waals surface area contributed by atoms with Crippen LogP contribution in [0, 0.1) is 6.07 Å². The fourth-order valence-corrected chi connectivity index (χ4v) is 1.74. The Morgan fingerprint density at radius 3 is 2.63 bits per heavy atom. The third-order valence-electron chi connectivity index (χ3n) is 2.67. The lowest BCUT2D eigenvalue weighted by Crippen LogP contribution is -2.16. The molecule has 0 aliphatic heterocycles. The summed E-state index contributed by atoms with van der Waals surface area (Å²) in [4.78, 5) is 11.2. The third kappa shape index (κ3) is 3.85. The summed E-state index contributed by atoms with van der Waals surface area (Å²) in [5, 5.41) is 3.03. The van der Waals surface area contributed by atoms with Crippen LogP contribution in [0.5, 0.6) is 0 Å². The molecule has 0 saturated heterocycles. The summed E-state index contributed by atoms with van der Waals surface area (Å²) in [5.74, 6) is -0.246. The number of hydrogen-bond acceptors (Lipinski definition) is 3. The average Bonchev–Trinajstić information content (AvgIpc) is 2.47. The van der Waals surface area contributed by atoms with Crippen LogP contribution in [0.1, 0.15) is 6.92 Å². The van der Waals surface area contributed by atoms with Gasteiger partial charge in [0.15, 0.2) is 0 Å². The van der Waals surface area contributed by atoms with Gasteiger partial charge in [-0.1, -0.05) is 30.3 Å². The molecule has 0 saturated carbocycles. The van der Waals surface area contributed by atoms with Crippen molar-refractivity contribution in [2.45, 2.75) is 6.92 Å². The summed E-state index contributed by atoms with van der Waals surface area (Å²) in [6.45, 7) is 2.39. The van der Waals surface area contributed by atoms with Crippen LogP contribution in [0.2, 0.25) is 0 Å². The number of carbonyl (C=O) groups excluding carboxylic acids is 1. The van der Waals surface area contributed by atoms with Gasteiger partial charge in [-0.25, -0.2) is 0 Å². The van der Waals surface area contributed by atoms with Gasteiger partial charge in [0.25, 0.3) is 0 Å². The Kier molecular flexibility index (Phi) is 4.56. The molecule has 1 radical (unpaired) electrons. The van der Waals surface area contributed by atoms with E-state index in [9.17, 15) is 4.79 Å². The normalized spacial score (nSPS) is 9.95. The van der Waals surface area contributed by atoms with Crippen LogP contribution in [0.25, 0.3) is 11.1 Å². The molecule has 0 heterocycles. The summed E-state index contributed by atoms with van der Waals surface area (Å²) < 4.78 is 4.85. The molecule has 0 aliphatic rings. The van der Waals surface area contributed by atoms with Crippen molar-refractivity contribution in [1.82, 2.24) is 0 Å². The van der Waals surface area contributed by atoms with Gasteiger partial charge in [-0.05, 0) is 42.3 Å². The van der Waals surface area contributed by atoms with Crippen LogP contribution in [-0.2, 0) is 9.53 Å². The molecule has 19 heavy (non-hydrogen) atoms. The molecule has 0 aliphatic carbocycles. The molecule has 0 unspecified atom stereocenters. The Labute approximate surface area is 113 Å². The number of hydrogen-bond donors (Lipinski definition) is 1. The fraction of sp³-hybridized carbons (Fsp3) is 0.188. The Morgan fingerprint density at radius 1 is 1.21 bits per heavy atom. The topological polar surface area (TPSA) is 38.3 Å². The van der Waals surface area contributed by atoms with Crippen LogP contribution in [0.4, 0.5) is 5.69 Å². The van der Waals surface area contributed by atoms with Crippen molar-refractivity contribution in [2.24, 2.45) is 0 Å². The van der Waals surface area contributed by atoms with Crippen molar-refractivity contribution in [3.8, 4) is 11.1 Å². The van der Waals surface area contributed by atoms with Gasteiger partial charge in [0.2, 0.25) is 0 Å². The van der Waals surface area contributed by atoms with E-state index in [1.165, 1.54) is 0 Å². The zero-order valence-corrected chi connectivity index (χ0v) is 10.8. The maximum absolute atomic E-state index is 11.2. The maximum atomic E-state index is 11.2. The lowest BCUT2D eigenvalue weighted by molar-refractivity contribution is -0.140. The van der Waals surface area contributed by atoms with Gasteiger partial charge in [0.1, 0.15) is 6.54 Å². The van der Waals surface area contributed by atoms with Crippen LogP contribution >= 0.6 is 0 Å². The first kappa shape index (κ1) is 13.1. The first-order chi connectivity index (χ1) is 9.29. The molecule has 0 spiro atoms. The molecule has 0 atom stereocenters. The molecule has 97 valence electrons. The molecule has 3 nitrogen and oxygen atoms in total. The van der Waals surface area contributed by atoms with E-state index in [1.54, 1.807) is 6.92 Å². The van der Waals surface area contributed by atoms with Gasteiger partial charge in [-0.3, -0.25) is 4.79 Å². The van der Waals surface area contributed by atoms with Crippen molar-refractivity contribution in [2.75, 3.05) is 18.5 Å². The van der Waals surface area contributed by atoms with Crippen LogP contribution in [0.15, 0.2) is 48.5 Å². The molecular weight excluding hydrogens is 238 g/mol. The Balaban J connectivity index is 1.97. The number of ether oxygens (including phenoxy) is 1. The van der Waals surface area contributed by atoms with E-state index in [4.69, 9.17) is 4.74 Å². The number of nitrogens with one attached hydrogen (secondary N) is 1. The minimum absolute atomic E-state index is 0.187. The number of anilines is 1. The van der Waals surface area contributed by atoms with Crippen molar-refractivity contribution in [1.29, 1.82) is 0 Å². The molecule has 0 fully saturated rings. The number of rotatable bonds is 5. The molecule has 2 aromatic carbocycles. The first-order valence-electron chi connectivity index (χ1n) is 6.25. The van der Waals surface area contributed by atoms with Crippen LogP contribution in [0.3, 0.4) is 0 Å². The first-order valence-corrected chi connectivity index (χ1v) is 6.25. The second-order valence-electron chi connectivity index (χ2n) is 4.03. The molecule has 0 amide bonds. The summed E-state index contributed by atoms with van der Waals surface area (Å²) in [5.41, 5.74) is 3.15. The Morgan fingerprint density at radius 2 is 2.00 bits per heavy atom. The maximum Gasteiger partial charge on any atom is 0.325 e. The zero-order chi connectivity index (χ0) is 13.5. The van der Waals surface area contributed by atoms with Gasteiger partial charge in [0.05, 0.1) is 6.61 Å². The number of carbonyl (C=O) groups is 1. The quantitative estimate of drug-likeness (QED) is 0.833. The van der Waals surface area contributed by atoms with Gasteiger partial charge in [-0.15, -0.1) is 0 Å². The van der Waals surface area contributed by atoms with E-state index in [-0.39, 0.29) is 12.5 Å². The van der Waals surface area contributed by atoms with Gasteiger partial charge in [0, 0.05) is 5.69 Å². The smallest absolute Gasteiger partial charge is 0.325 e. The standard InChI is InChI=1S/C16H16NO2/c1-2-19-16(18)12-17-15-10-8-14(9-11-15)13-6-4-3-5-7-13/h3-4,6-11,17H,2,12H2,1H3. The van der Waals surface area contributed by atoms with E-state index in [0.717, 1.165) is 16.8 Å². The van der Waals surface area contributed by atoms with Crippen molar-refractivity contribution < 1.29 is 9.53 Å². The highest BCUT2D eigenvalue weighted by Gasteiger charge is 2.01. The molecule has 2 aromatic rings. The zero-order valence-electron chi connectivity index (χ0n) is 10.8. The highest BCUT2D eigenvalue weighted by Crippen LogP contribution is 2.20. The highest BCUT2D eigenvalue weighted by molar-refractivity contribution is 5.75. The van der Waals surface area contributed by atoms with Gasteiger partial charge in [-0.2, -0.15) is 0 Å². The highest BCUT2D eigenvalue weighted by atomic mass is 16.5. The predicted octanol–water partition coefficient (Wildman–Crippen LogP) is 3.13. The molecule has 3 heteroatoms.